The summed E-state index contributed by atoms with van der Waals surface area (Å²) in [4.78, 5) is 3.91. The van der Waals surface area contributed by atoms with Crippen molar-refractivity contribution in [1.82, 2.24) is 9.71 Å². The minimum Gasteiger partial charge on any atom is -0.265 e. The van der Waals surface area contributed by atoms with Crippen LogP contribution in [0.3, 0.4) is 0 Å². The first kappa shape index (κ1) is 16.6. The van der Waals surface area contributed by atoms with Crippen LogP contribution in [-0.4, -0.2) is 30.5 Å². The fraction of sp³-hybridized carbons (Fsp3) is 0.615. The predicted molar refractivity (Wildman–Crippen MR) is 81.9 cm³/mol. The molecule has 108 valence electrons. The number of hydrogen-bond donors (Lipinski definition) is 1. The predicted octanol–water partition coefficient (Wildman–Crippen LogP) is 2.35. The zero-order valence-electron chi connectivity index (χ0n) is 11.3. The number of pyridine rings is 1. The topological polar surface area (TPSA) is 59.1 Å². The normalized spacial score (nSPS) is 13.7. The van der Waals surface area contributed by atoms with Crippen LogP contribution in [0.5, 0.6) is 0 Å². The molecule has 0 amide bonds. The maximum absolute atomic E-state index is 12.0. The molecule has 0 aliphatic rings. The SMILES string of the molecule is CC(C)CC(CBr)NS(=O)(=O)CCc1ccncc1. The second kappa shape index (κ2) is 7.97. The van der Waals surface area contributed by atoms with Crippen LogP contribution < -0.4 is 4.72 Å². The molecule has 6 heteroatoms. The van der Waals surface area contributed by atoms with E-state index in [4.69, 9.17) is 0 Å². The molecule has 0 saturated heterocycles. The van der Waals surface area contributed by atoms with Gasteiger partial charge < -0.3 is 0 Å². The highest BCUT2D eigenvalue weighted by molar-refractivity contribution is 9.09. The molecule has 1 atom stereocenters. The number of hydrogen-bond acceptors (Lipinski definition) is 3. The highest BCUT2D eigenvalue weighted by Crippen LogP contribution is 2.09. The summed E-state index contributed by atoms with van der Waals surface area (Å²) in [5, 5.41) is 0.639. The monoisotopic (exact) mass is 348 g/mol. The molecule has 4 nitrogen and oxygen atoms in total. The van der Waals surface area contributed by atoms with Gasteiger partial charge in [-0.05, 0) is 36.5 Å². The van der Waals surface area contributed by atoms with Crippen molar-refractivity contribution in [1.29, 1.82) is 0 Å². The van der Waals surface area contributed by atoms with Crippen molar-refractivity contribution in [3.8, 4) is 0 Å². The van der Waals surface area contributed by atoms with E-state index in [1.165, 1.54) is 0 Å². The number of aryl methyl sites for hydroxylation is 1. The standard InChI is InChI=1S/C13H21BrN2O2S/c1-11(2)9-13(10-14)16-19(17,18)8-5-12-3-6-15-7-4-12/h3-4,6-7,11,13,16H,5,8-10H2,1-2H3. The number of alkyl halides is 1. The summed E-state index contributed by atoms with van der Waals surface area (Å²) < 4.78 is 26.8. The molecule has 19 heavy (non-hydrogen) atoms. The quantitative estimate of drug-likeness (QED) is 0.733. The second-order valence-corrected chi connectivity index (χ2v) is 7.54. The molecule has 0 aliphatic carbocycles. The highest BCUT2D eigenvalue weighted by atomic mass is 79.9. The molecule has 0 spiro atoms. The number of sulfonamides is 1. The average molecular weight is 349 g/mol. The maximum atomic E-state index is 12.0. The van der Waals surface area contributed by atoms with E-state index in [0.717, 1.165) is 12.0 Å². The van der Waals surface area contributed by atoms with Gasteiger partial charge in [-0.3, -0.25) is 4.98 Å². The third kappa shape index (κ3) is 7.03. The molecule has 0 aliphatic heterocycles. The van der Waals surface area contributed by atoms with Crippen molar-refractivity contribution in [2.75, 3.05) is 11.1 Å². The zero-order chi connectivity index (χ0) is 14.3. The van der Waals surface area contributed by atoms with E-state index in [9.17, 15) is 8.42 Å². The molecule has 1 N–H and O–H groups in total. The summed E-state index contributed by atoms with van der Waals surface area (Å²) in [5.74, 6) is 0.573. The van der Waals surface area contributed by atoms with Crippen LogP contribution in [-0.2, 0) is 16.4 Å². The summed E-state index contributed by atoms with van der Waals surface area (Å²) >= 11 is 3.36. The van der Waals surface area contributed by atoms with Gasteiger partial charge in [-0.25, -0.2) is 13.1 Å². The Bertz CT molecular complexity index is 463. The van der Waals surface area contributed by atoms with Crippen molar-refractivity contribution < 1.29 is 8.42 Å². The Morgan fingerprint density at radius 3 is 2.47 bits per heavy atom. The van der Waals surface area contributed by atoms with E-state index >= 15 is 0 Å². The number of nitrogens with zero attached hydrogens (tertiary/aromatic N) is 1. The van der Waals surface area contributed by atoms with E-state index in [2.05, 4.69) is 39.5 Å². The van der Waals surface area contributed by atoms with Gasteiger partial charge in [-0.15, -0.1) is 0 Å². The van der Waals surface area contributed by atoms with Crippen LogP contribution in [0.4, 0.5) is 0 Å². The molecule has 1 aromatic heterocycles. The second-order valence-electron chi connectivity index (χ2n) is 5.02. The van der Waals surface area contributed by atoms with Gasteiger partial charge in [0.2, 0.25) is 10.0 Å². The van der Waals surface area contributed by atoms with E-state index in [-0.39, 0.29) is 11.8 Å². The lowest BCUT2D eigenvalue weighted by Gasteiger charge is -2.18. The third-order valence-electron chi connectivity index (χ3n) is 2.70. The molecular weight excluding hydrogens is 328 g/mol. The molecule has 1 unspecified atom stereocenters. The van der Waals surface area contributed by atoms with Gasteiger partial charge in [0.15, 0.2) is 0 Å². The molecule has 1 heterocycles. The molecule has 0 radical (unpaired) electrons. The van der Waals surface area contributed by atoms with Gasteiger partial charge in [-0.1, -0.05) is 29.8 Å². The number of aromatic nitrogens is 1. The van der Waals surface area contributed by atoms with Gasteiger partial charge >= 0.3 is 0 Å². The molecule has 0 saturated carbocycles. The Morgan fingerprint density at radius 2 is 1.95 bits per heavy atom. The minimum atomic E-state index is -3.24. The molecule has 1 aromatic rings. The molecule has 0 aromatic carbocycles. The summed E-state index contributed by atoms with van der Waals surface area (Å²) in [7, 11) is -3.24. The van der Waals surface area contributed by atoms with Crippen LogP contribution in [0.2, 0.25) is 0 Å². The van der Waals surface area contributed by atoms with Crippen LogP contribution in [0.15, 0.2) is 24.5 Å². The molecule has 0 bridgehead atoms. The third-order valence-corrected chi connectivity index (χ3v) is 4.91. The fourth-order valence-electron chi connectivity index (χ4n) is 1.83. The molecule has 0 fully saturated rings. The van der Waals surface area contributed by atoms with Gasteiger partial charge in [0.25, 0.3) is 0 Å². The first-order chi connectivity index (χ1) is 8.93. The summed E-state index contributed by atoms with van der Waals surface area (Å²) in [6.07, 6.45) is 4.69. The highest BCUT2D eigenvalue weighted by Gasteiger charge is 2.17. The Kier molecular flexibility index (Phi) is 6.96. The summed E-state index contributed by atoms with van der Waals surface area (Å²) in [6.45, 7) is 4.17. The maximum Gasteiger partial charge on any atom is 0.212 e. The minimum absolute atomic E-state index is 0.0394. The van der Waals surface area contributed by atoms with Crippen LogP contribution in [0, 0.1) is 5.92 Å². The smallest absolute Gasteiger partial charge is 0.212 e. The van der Waals surface area contributed by atoms with E-state index < -0.39 is 10.0 Å². The van der Waals surface area contributed by atoms with Gasteiger partial charge in [-0.2, -0.15) is 0 Å². The Balaban J connectivity index is 2.51. The Labute approximate surface area is 124 Å². The fourth-order valence-corrected chi connectivity index (χ4v) is 3.78. The lowest BCUT2D eigenvalue weighted by atomic mass is 10.1. The zero-order valence-corrected chi connectivity index (χ0v) is 13.7. The van der Waals surface area contributed by atoms with Crippen LogP contribution in [0.25, 0.3) is 0 Å². The van der Waals surface area contributed by atoms with Crippen molar-refractivity contribution >= 4 is 26.0 Å². The van der Waals surface area contributed by atoms with E-state index in [1.807, 2.05) is 12.1 Å². The van der Waals surface area contributed by atoms with Crippen molar-refractivity contribution in [3.05, 3.63) is 30.1 Å². The van der Waals surface area contributed by atoms with Crippen molar-refractivity contribution in [3.63, 3.8) is 0 Å². The first-order valence-electron chi connectivity index (χ1n) is 6.38. The van der Waals surface area contributed by atoms with Crippen molar-refractivity contribution in [2.24, 2.45) is 5.92 Å². The number of nitrogens with one attached hydrogen (secondary N) is 1. The summed E-state index contributed by atoms with van der Waals surface area (Å²) in [5.41, 5.74) is 0.986. The van der Waals surface area contributed by atoms with Gasteiger partial charge in [0.1, 0.15) is 0 Å². The van der Waals surface area contributed by atoms with Crippen molar-refractivity contribution in [2.45, 2.75) is 32.7 Å². The Hall–Kier alpha value is -0.460. The average Bonchev–Trinajstić information content (AvgIpc) is 2.36. The van der Waals surface area contributed by atoms with Crippen LogP contribution >= 0.6 is 15.9 Å². The summed E-state index contributed by atoms with van der Waals surface area (Å²) in [6, 6.07) is 3.64. The largest absolute Gasteiger partial charge is 0.265 e. The van der Waals surface area contributed by atoms with E-state index in [1.54, 1.807) is 12.4 Å². The molecule has 1 rings (SSSR count). The Morgan fingerprint density at radius 1 is 1.32 bits per heavy atom. The first-order valence-corrected chi connectivity index (χ1v) is 9.15. The number of rotatable bonds is 8. The number of halogens is 1. The van der Waals surface area contributed by atoms with Crippen LogP contribution in [0.1, 0.15) is 25.8 Å². The van der Waals surface area contributed by atoms with E-state index in [0.29, 0.717) is 17.7 Å². The lowest BCUT2D eigenvalue weighted by Crippen LogP contribution is -2.38. The van der Waals surface area contributed by atoms with Gasteiger partial charge in [0.05, 0.1) is 5.75 Å². The lowest BCUT2D eigenvalue weighted by molar-refractivity contribution is 0.488. The van der Waals surface area contributed by atoms with Gasteiger partial charge in [0, 0.05) is 23.8 Å². The molecular formula is C13H21BrN2O2S.